The fourth-order valence-electron chi connectivity index (χ4n) is 4.12. The highest BCUT2D eigenvalue weighted by atomic mass is 35.5. The number of fused-ring (bicyclic) bond motifs is 5. The summed E-state index contributed by atoms with van der Waals surface area (Å²) in [6, 6.07) is 4.41. The molecule has 0 radical (unpaired) electrons. The smallest absolute Gasteiger partial charge is 0.305 e. The van der Waals surface area contributed by atoms with Crippen molar-refractivity contribution in [2.45, 2.75) is 31.8 Å². The predicted octanol–water partition coefficient (Wildman–Crippen LogP) is 2.26. The second-order valence-electron chi connectivity index (χ2n) is 6.96. The normalized spacial score (nSPS) is 29.6. The third-order valence-electron chi connectivity index (χ3n) is 5.14. The van der Waals surface area contributed by atoms with E-state index in [4.69, 9.17) is 37.4 Å². The molecule has 2 bridgehead atoms. The van der Waals surface area contributed by atoms with Gasteiger partial charge in [0.1, 0.15) is 0 Å². The van der Waals surface area contributed by atoms with Crippen LogP contribution in [0.15, 0.2) is 30.4 Å². The van der Waals surface area contributed by atoms with Crippen molar-refractivity contribution >= 4 is 52.6 Å². The van der Waals surface area contributed by atoms with E-state index in [1.807, 2.05) is 0 Å². The van der Waals surface area contributed by atoms with Crippen LogP contribution in [0.4, 0.5) is 5.69 Å². The van der Waals surface area contributed by atoms with Crippen molar-refractivity contribution in [3.63, 3.8) is 0 Å². The summed E-state index contributed by atoms with van der Waals surface area (Å²) in [7, 11) is 0. The quantitative estimate of drug-likeness (QED) is 0.307. The molecule has 0 aromatic heterocycles. The zero-order valence-corrected chi connectivity index (χ0v) is 16.8. The number of hydrogen-bond donors (Lipinski definition) is 0. The topological polar surface area (TPSA) is 99.2 Å². The van der Waals surface area contributed by atoms with Crippen molar-refractivity contribution in [1.29, 1.82) is 0 Å². The number of amides is 2. The van der Waals surface area contributed by atoms with Crippen LogP contribution in [-0.4, -0.2) is 41.7 Å². The van der Waals surface area contributed by atoms with Gasteiger partial charge >= 0.3 is 11.9 Å². The molecule has 4 atom stereocenters. The van der Waals surface area contributed by atoms with Gasteiger partial charge in [0.05, 0.1) is 28.6 Å². The Morgan fingerprint density at radius 3 is 2.38 bits per heavy atom. The molecule has 152 valence electrons. The number of benzene rings is 1. The molecular formula is C19H15Cl2NO7. The summed E-state index contributed by atoms with van der Waals surface area (Å²) < 4.78 is 16.2. The maximum atomic E-state index is 13.3. The molecule has 0 spiro atoms. The Morgan fingerprint density at radius 2 is 1.79 bits per heavy atom. The molecule has 10 heteroatoms. The van der Waals surface area contributed by atoms with Crippen molar-refractivity contribution in [2.75, 3.05) is 4.90 Å². The van der Waals surface area contributed by atoms with Crippen LogP contribution >= 0.6 is 23.2 Å². The number of anilines is 1. The Hall–Kier alpha value is -2.42. The zero-order valence-electron chi connectivity index (χ0n) is 15.3. The van der Waals surface area contributed by atoms with Crippen molar-refractivity contribution in [2.24, 2.45) is 11.8 Å². The van der Waals surface area contributed by atoms with Crippen LogP contribution in [0, 0.1) is 11.8 Å². The molecule has 3 aliphatic rings. The van der Waals surface area contributed by atoms with E-state index in [9.17, 15) is 19.2 Å². The number of carbonyl (C=O) groups is 4. The largest absolute Gasteiger partial charge is 0.422 e. The molecule has 8 nitrogen and oxygen atoms in total. The zero-order chi connectivity index (χ0) is 21.1. The minimum absolute atomic E-state index is 0.131. The van der Waals surface area contributed by atoms with Gasteiger partial charge in [-0.15, -0.1) is 0 Å². The monoisotopic (exact) mass is 439 g/mol. The summed E-state index contributed by atoms with van der Waals surface area (Å²) in [6.45, 7) is 2.27. The van der Waals surface area contributed by atoms with Gasteiger partial charge in [0.25, 0.3) is 6.29 Å². The molecule has 4 rings (SSSR count). The first-order valence-corrected chi connectivity index (χ1v) is 9.46. The Morgan fingerprint density at radius 1 is 1.14 bits per heavy atom. The summed E-state index contributed by atoms with van der Waals surface area (Å²) in [5, 5.41) is 0.482. The number of nitrogens with zero attached hydrogens (tertiary/aromatic N) is 1. The summed E-state index contributed by atoms with van der Waals surface area (Å²) in [6.07, 6.45) is 0.847. The minimum atomic E-state index is -1.60. The molecule has 0 N–H and O–H groups in total. The van der Waals surface area contributed by atoms with Crippen molar-refractivity contribution in [1.82, 2.24) is 0 Å². The Kier molecular flexibility index (Phi) is 4.68. The minimum Gasteiger partial charge on any atom is -0.422 e. The third-order valence-corrected chi connectivity index (χ3v) is 5.68. The summed E-state index contributed by atoms with van der Waals surface area (Å²) in [5.41, 5.74) is -1.42. The highest BCUT2D eigenvalue weighted by Gasteiger charge is 2.72. The van der Waals surface area contributed by atoms with Crippen LogP contribution in [0.25, 0.3) is 0 Å². The molecule has 1 aromatic carbocycles. The molecule has 2 saturated heterocycles. The lowest BCUT2D eigenvalue weighted by atomic mass is 9.76. The first-order chi connectivity index (χ1) is 13.7. The molecule has 3 aliphatic heterocycles. The first-order valence-electron chi connectivity index (χ1n) is 8.70. The van der Waals surface area contributed by atoms with E-state index < -0.39 is 53.6 Å². The summed E-state index contributed by atoms with van der Waals surface area (Å²) >= 11 is 12.1. The van der Waals surface area contributed by atoms with E-state index in [1.165, 1.54) is 24.3 Å². The fraction of sp³-hybridized carbons (Fsp3) is 0.368. The van der Waals surface area contributed by atoms with E-state index in [-0.39, 0.29) is 10.7 Å². The lowest BCUT2D eigenvalue weighted by Crippen LogP contribution is -2.52. The molecular weight excluding hydrogens is 425 g/mol. The number of halogens is 2. The van der Waals surface area contributed by atoms with E-state index in [0.29, 0.717) is 5.02 Å². The van der Waals surface area contributed by atoms with Gasteiger partial charge in [-0.3, -0.25) is 19.2 Å². The average molecular weight is 440 g/mol. The van der Waals surface area contributed by atoms with Crippen LogP contribution in [0.3, 0.4) is 0 Å². The maximum absolute atomic E-state index is 13.3. The van der Waals surface area contributed by atoms with Gasteiger partial charge in [-0.05, 0) is 24.3 Å². The molecule has 3 heterocycles. The number of rotatable bonds is 4. The number of ether oxygens (including phenoxy) is 3. The van der Waals surface area contributed by atoms with Gasteiger partial charge in [0, 0.05) is 18.9 Å². The third kappa shape index (κ3) is 2.94. The number of carbonyl (C=O) groups excluding carboxylic acids is 4. The standard InChI is InChI=1S/C19H15Cl2NO7/c1-8(23)27-18(28-9(2)24)19-6-5-13(29-19)14-15(19)17(26)22(16(14)25)12-4-3-10(20)7-11(12)21/h3-7,13-15,18H,1-2H3. The van der Waals surface area contributed by atoms with Gasteiger partial charge in [-0.25, -0.2) is 4.90 Å². The lowest BCUT2D eigenvalue weighted by molar-refractivity contribution is -0.226. The van der Waals surface area contributed by atoms with Gasteiger partial charge in [0.15, 0.2) is 5.60 Å². The van der Waals surface area contributed by atoms with Crippen LogP contribution in [-0.2, 0) is 33.4 Å². The average Bonchev–Trinajstić information content (AvgIpc) is 3.26. The van der Waals surface area contributed by atoms with Gasteiger partial charge in [-0.2, -0.15) is 0 Å². The van der Waals surface area contributed by atoms with Gasteiger partial charge < -0.3 is 14.2 Å². The Labute approximate surface area is 175 Å². The van der Waals surface area contributed by atoms with Crippen molar-refractivity contribution in [3.8, 4) is 0 Å². The fourth-order valence-corrected chi connectivity index (χ4v) is 4.61. The van der Waals surface area contributed by atoms with E-state index in [1.54, 1.807) is 6.08 Å². The highest BCUT2D eigenvalue weighted by molar-refractivity contribution is 6.38. The second-order valence-corrected chi connectivity index (χ2v) is 7.80. The molecule has 0 saturated carbocycles. The van der Waals surface area contributed by atoms with Crippen molar-refractivity contribution < 1.29 is 33.4 Å². The van der Waals surface area contributed by atoms with E-state index in [0.717, 1.165) is 18.7 Å². The number of imide groups is 1. The van der Waals surface area contributed by atoms with Crippen LogP contribution in [0.2, 0.25) is 10.0 Å². The van der Waals surface area contributed by atoms with Crippen molar-refractivity contribution in [3.05, 3.63) is 40.4 Å². The number of esters is 2. The summed E-state index contributed by atoms with van der Waals surface area (Å²) in [4.78, 5) is 50.6. The SMILES string of the molecule is CC(=O)OC(OC(C)=O)C12C=CC(O1)C1C(=O)N(c3ccc(Cl)cc3Cl)C(=O)C12. The Bertz CT molecular complexity index is 961. The molecule has 0 aliphatic carbocycles. The maximum Gasteiger partial charge on any atom is 0.305 e. The van der Waals surface area contributed by atoms with Gasteiger partial charge in [0.2, 0.25) is 11.8 Å². The van der Waals surface area contributed by atoms with Crippen LogP contribution < -0.4 is 4.90 Å². The molecule has 29 heavy (non-hydrogen) atoms. The van der Waals surface area contributed by atoms with Crippen LogP contribution in [0.5, 0.6) is 0 Å². The molecule has 4 unspecified atom stereocenters. The highest BCUT2D eigenvalue weighted by Crippen LogP contribution is 2.55. The number of hydrogen-bond acceptors (Lipinski definition) is 7. The molecule has 1 aromatic rings. The van der Waals surface area contributed by atoms with Gasteiger partial charge in [-0.1, -0.05) is 29.3 Å². The summed E-state index contributed by atoms with van der Waals surface area (Å²) in [5.74, 6) is -4.49. The predicted molar refractivity (Wildman–Crippen MR) is 100.0 cm³/mol. The van der Waals surface area contributed by atoms with E-state index >= 15 is 0 Å². The Balaban J connectivity index is 1.76. The second kappa shape index (κ2) is 6.83. The molecule has 2 fully saturated rings. The first kappa shape index (κ1) is 19.9. The van der Waals surface area contributed by atoms with Crippen LogP contribution in [0.1, 0.15) is 13.8 Å². The lowest BCUT2D eigenvalue weighted by Gasteiger charge is -2.34. The molecule has 2 amide bonds. The van der Waals surface area contributed by atoms with E-state index in [2.05, 4.69) is 0 Å².